The predicted octanol–water partition coefficient (Wildman–Crippen LogP) is 1.58. The lowest BCUT2D eigenvalue weighted by atomic mass is 10.3. The molecule has 2 rings (SSSR count). The molecule has 2 N–H and O–H groups in total. The number of rotatable bonds is 6. The molecule has 0 saturated carbocycles. The fourth-order valence-corrected chi connectivity index (χ4v) is 2.13. The van der Waals surface area contributed by atoms with Crippen molar-refractivity contribution >= 4 is 11.3 Å². The molecule has 0 aliphatic heterocycles. The van der Waals surface area contributed by atoms with Crippen LogP contribution < -0.4 is 5.73 Å². The molecule has 5 nitrogen and oxygen atoms in total. The second-order valence-electron chi connectivity index (χ2n) is 3.90. The summed E-state index contributed by atoms with van der Waals surface area (Å²) in [6.07, 6.45) is 0.974. The van der Waals surface area contributed by atoms with E-state index in [4.69, 9.17) is 10.3 Å². The summed E-state index contributed by atoms with van der Waals surface area (Å²) in [5.74, 6) is 1.30. The lowest BCUT2D eigenvalue weighted by Gasteiger charge is -2.12. The van der Waals surface area contributed by atoms with Gasteiger partial charge in [0.2, 0.25) is 11.7 Å². The first-order valence-electron chi connectivity index (χ1n) is 5.53. The Hall–Kier alpha value is -1.24. The van der Waals surface area contributed by atoms with Crippen LogP contribution in [0.2, 0.25) is 0 Å². The molecule has 6 heteroatoms. The highest BCUT2D eigenvalue weighted by Crippen LogP contribution is 2.18. The molecule has 2 aromatic rings. The van der Waals surface area contributed by atoms with Crippen molar-refractivity contribution < 1.29 is 4.52 Å². The molecule has 0 spiro atoms. The molecule has 92 valence electrons. The van der Waals surface area contributed by atoms with E-state index in [1.165, 1.54) is 0 Å². The van der Waals surface area contributed by atoms with E-state index < -0.39 is 0 Å². The van der Waals surface area contributed by atoms with Crippen LogP contribution in [0, 0.1) is 0 Å². The molecule has 0 aromatic carbocycles. The van der Waals surface area contributed by atoms with Crippen LogP contribution in [0.3, 0.4) is 0 Å². The average molecular weight is 252 g/mol. The number of thiophene rings is 1. The fourth-order valence-electron chi connectivity index (χ4n) is 1.50. The summed E-state index contributed by atoms with van der Waals surface area (Å²) >= 11 is 1.62. The van der Waals surface area contributed by atoms with Crippen molar-refractivity contribution in [2.45, 2.75) is 13.0 Å². The number of nitrogens with zero attached hydrogens (tertiary/aromatic N) is 3. The molecule has 0 saturated heterocycles. The van der Waals surface area contributed by atoms with Crippen molar-refractivity contribution in [2.24, 2.45) is 5.73 Å². The van der Waals surface area contributed by atoms with Crippen molar-refractivity contribution in [3.63, 3.8) is 0 Å². The SMILES string of the molecule is CN(CCCN)Cc1nc(-c2ccsc2)no1. The zero-order valence-electron chi connectivity index (χ0n) is 9.80. The van der Waals surface area contributed by atoms with Gasteiger partial charge in [-0.05, 0) is 38.0 Å². The van der Waals surface area contributed by atoms with Gasteiger partial charge >= 0.3 is 0 Å². The second-order valence-corrected chi connectivity index (χ2v) is 4.68. The maximum Gasteiger partial charge on any atom is 0.241 e. The smallest absolute Gasteiger partial charge is 0.241 e. The maximum absolute atomic E-state index is 5.46. The van der Waals surface area contributed by atoms with Gasteiger partial charge < -0.3 is 10.3 Å². The van der Waals surface area contributed by atoms with Crippen LogP contribution in [-0.2, 0) is 6.54 Å². The van der Waals surface area contributed by atoms with Crippen molar-refractivity contribution in [3.05, 3.63) is 22.7 Å². The largest absolute Gasteiger partial charge is 0.338 e. The molecule has 2 heterocycles. The van der Waals surface area contributed by atoms with Gasteiger partial charge in [-0.15, -0.1) is 0 Å². The van der Waals surface area contributed by atoms with Gasteiger partial charge in [0.05, 0.1) is 6.54 Å². The van der Waals surface area contributed by atoms with E-state index in [1.54, 1.807) is 11.3 Å². The number of nitrogens with two attached hydrogens (primary N) is 1. The minimum atomic E-state index is 0.644. The third-order valence-electron chi connectivity index (χ3n) is 2.40. The van der Waals surface area contributed by atoms with Crippen LogP contribution in [-0.4, -0.2) is 35.2 Å². The highest BCUT2D eigenvalue weighted by Gasteiger charge is 2.10. The lowest BCUT2D eigenvalue weighted by Crippen LogP contribution is -2.21. The lowest BCUT2D eigenvalue weighted by molar-refractivity contribution is 0.265. The summed E-state index contributed by atoms with van der Waals surface area (Å²) in [4.78, 5) is 6.48. The third kappa shape index (κ3) is 3.36. The Kier molecular flexibility index (Phi) is 4.24. The van der Waals surface area contributed by atoms with Crippen molar-refractivity contribution in [2.75, 3.05) is 20.1 Å². The minimum absolute atomic E-state index is 0.644. The van der Waals surface area contributed by atoms with E-state index in [-0.39, 0.29) is 0 Å². The minimum Gasteiger partial charge on any atom is -0.338 e. The van der Waals surface area contributed by atoms with Crippen molar-refractivity contribution in [3.8, 4) is 11.4 Å². The number of hydrogen-bond acceptors (Lipinski definition) is 6. The standard InChI is InChI=1S/C11H16N4OS/c1-15(5-2-4-12)7-10-13-11(14-16-10)9-3-6-17-8-9/h3,6,8H,2,4-5,7,12H2,1H3. The zero-order valence-corrected chi connectivity index (χ0v) is 10.6. The Bertz CT molecular complexity index is 440. The zero-order chi connectivity index (χ0) is 12.1. The normalized spacial score (nSPS) is 11.2. The van der Waals surface area contributed by atoms with Gasteiger partial charge in [0.1, 0.15) is 0 Å². The topological polar surface area (TPSA) is 68.2 Å². The van der Waals surface area contributed by atoms with E-state index in [2.05, 4.69) is 15.0 Å². The van der Waals surface area contributed by atoms with E-state index in [0.29, 0.717) is 24.8 Å². The van der Waals surface area contributed by atoms with Crippen LogP contribution in [0.15, 0.2) is 21.3 Å². The molecule has 0 aliphatic carbocycles. The fraction of sp³-hybridized carbons (Fsp3) is 0.455. The first-order valence-corrected chi connectivity index (χ1v) is 6.47. The Morgan fingerprint density at radius 1 is 1.53 bits per heavy atom. The van der Waals surface area contributed by atoms with Crippen LogP contribution in [0.5, 0.6) is 0 Å². The Balaban J connectivity index is 1.94. The molecule has 2 aromatic heterocycles. The van der Waals surface area contributed by atoms with Crippen LogP contribution >= 0.6 is 11.3 Å². The summed E-state index contributed by atoms with van der Waals surface area (Å²) < 4.78 is 5.21. The van der Waals surface area contributed by atoms with Crippen molar-refractivity contribution in [1.82, 2.24) is 15.0 Å². The molecular formula is C11H16N4OS. The highest BCUT2D eigenvalue weighted by molar-refractivity contribution is 7.08. The van der Waals surface area contributed by atoms with Gasteiger partial charge in [-0.3, -0.25) is 4.90 Å². The molecular weight excluding hydrogens is 236 g/mol. The maximum atomic E-state index is 5.46. The number of aromatic nitrogens is 2. The molecule has 0 unspecified atom stereocenters. The third-order valence-corrected chi connectivity index (χ3v) is 3.08. The van der Waals surface area contributed by atoms with E-state index in [9.17, 15) is 0 Å². The summed E-state index contributed by atoms with van der Waals surface area (Å²) in [6, 6.07) is 1.98. The summed E-state index contributed by atoms with van der Waals surface area (Å²) in [5, 5.41) is 7.97. The highest BCUT2D eigenvalue weighted by atomic mass is 32.1. The van der Waals surface area contributed by atoms with E-state index in [0.717, 1.165) is 18.5 Å². The first kappa shape index (κ1) is 12.2. The van der Waals surface area contributed by atoms with E-state index in [1.807, 2.05) is 23.9 Å². The summed E-state index contributed by atoms with van der Waals surface area (Å²) in [5.41, 5.74) is 6.47. The average Bonchev–Trinajstić information content (AvgIpc) is 2.95. The summed E-state index contributed by atoms with van der Waals surface area (Å²) in [6.45, 7) is 2.30. The van der Waals surface area contributed by atoms with E-state index >= 15 is 0 Å². The van der Waals surface area contributed by atoms with Gasteiger partial charge in [0.25, 0.3) is 0 Å². The van der Waals surface area contributed by atoms with Gasteiger partial charge in [-0.25, -0.2) is 0 Å². The first-order chi connectivity index (χ1) is 8.29. The Morgan fingerprint density at radius 2 is 2.41 bits per heavy atom. The van der Waals surface area contributed by atoms with Gasteiger partial charge in [0, 0.05) is 10.9 Å². The van der Waals surface area contributed by atoms with Crippen molar-refractivity contribution in [1.29, 1.82) is 0 Å². The number of hydrogen-bond donors (Lipinski definition) is 1. The van der Waals surface area contributed by atoms with Crippen LogP contribution in [0.25, 0.3) is 11.4 Å². The van der Waals surface area contributed by atoms with Gasteiger partial charge in [-0.1, -0.05) is 5.16 Å². The van der Waals surface area contributed by atoms with Gasteiger partial charge in [0.15, 0.2) is 0 Å². The van der Waals surface area contributed by atoms with Gasteiger partial charge in [-0.2, -0.15) is 16.3 Å². The molecule has 0 bridgehead atoms. The summed E-state index contributed by atoms with van der Waals surface area (Å²) in [7, 11) is 2.02. The monoisotopic (exact) mass is 252 g/mol. The molecule has 0 atom stereocenters. The second kappa shape index (κ2) is 5.90. The van der Waals surface area contributed by atoms with Crippen LogP contribution in [0.1, 0.15) is 12.3 Å². The molecule has 0 radical (unpaired) electrons. The predicted molar refractivity (Wildman–Crippen MR) is 67.6 cm³/mol. The quantitative estimate of drug-likeness (QED) is 0.845. The molecule has 17 heavy (non-hydrogen) atoms. The molecule has 0 aliphatic rings. The Labute approximate surface area is 104 Å². The molecule has 0 amide bonds. The Morgan fingerprint density at radius 3 is 3.12 bits per heavy atom. The van der Waals surface area contributed by atoms with Crippen LogP contribution in [0.4, 0.5) is 0 Å². The molecule has 0 fully saturated rings.